The molecule has 1 amide bonds. The van der Waals surface area contributed by atoms with Crippen LogP contribution in [0.2, 0.25) is 0 Å². The van der Waals surface area contributed by atoms with E-state index in [-0.39, 0.29) is 11.3 Å². The van der Waals surface area contributed by atoms with Gasteiger partial charge in [-0.1, -0.05) is 24.8 Å². The van der Waals surface area contributed by atoms with E-state index < -0.39 is 0 Å². The van der Waals surface area contributed by atoms with Crippen LogP contribution in [0.5, 0.6) is 0 Å². The first kappa shape index (κ1) is 17.4. The Labute approximate surface area is 146 Å². The van der Waals surface area contributed by atoms with E-state index in [4.69, 9.17) is 0 Å². The van der Waals surface area contributed by atoms with Gasteiger partial charge in [0.05, 0.1) is 6.54 Å². The molecule has 0 aromatic heterocycles. The number of hydrogen-bond donors (Lipinski definition) is 1. The number of hydrogen-bond acceptors (Lipinski definition) is 3. The first-order valence-corrected chi connectivity index (χ1v) is 9.28. The topological polar surface area (TPSA) is 35.6 Å². The van der Waals surface area contributed by atoms with Crippen LogP contribution in [-0.4, -0.2) is 61.5 Å². The maximum Gasteiger partial charge on any atom is 0.236 e. The molecule has 3 fully saturated rings. The maximum atomic E-state index is 12.4. The Morgan fingerprint density at radius 3 is 2.83 bits per heavy atom. The minimum Gasteiger partial charge on any atom is -0.339 e. The highest BCUT2D eigenvalue weighted by atomic mass is 16.2. The number of nitrogens with zero attached hydrogens (tertiary/aromatic N) is 2. The van der Waals surface area contributed by atoms with Crippen LogP contribution in [0.3, 0.4) is 0 Å². The van der Waals surface area contributed by atoms with E-state index in [9.17, 15) is 4.79 Å². The molecule has 1 heterocycles. The number of piperazine rings is 1. The molecule has 3 rings (SSSR count). The van der Waals surface area contributed by atoms with Gasteiger partial charge in [0.25, 0.3) is 0 Å². The lowest BCUT2D eigenvalue weighted by molar-refractivity contribution is -0.131. The van der Waals surface area contributed by atoms with E-state index in [0.717, 1.165) is 39.0 Å². The lowest BCUT2D eigenvalue weighted by Crippen LogP contribution is -2.50. The van der Waals surface area contributed by atoms with Gasteiger partial charge in [0.2, 0.25) is 5.91 Å². The highest BCUT2D eigenvalue weighted by Gasteiger charge is 2.56. The molecule has 1 N–H and O–H groups in total. The third-order valence-electron chi connectivity index (χ3n) is 5.98. The van der Waals surface area contributed by atoms with Crippen LogP contribution in [0.4, 0.5) is 0 Å². The van der Waals surface area contributed by atoms with Gasteiger partial charge in [0, 0.05) is 37.6 Å². The number of carbonyl (C=O) groups excluding carboxylic acids is 1. The molecule has 1 spiro atoms. The third-order valence-corrected chi connectivity index (χ3v) is 5.98. The molecule has 24 heavy (non-hydrogen) atoms. The zero-order valence-corrected chi connectivity index (χ0v) is 15.2. The summed E-state index contributed by atoms with van der Waals surface area (Å²) in [7, 11) is 2.11. The van der Waals surface area contributed by atoms with Crippen LogP contribution in [0.1, 0.15) is 32.6 Å². The van der Waals surface area contributed by atoms with Gasteiger partial charge in [-0.15, -0.1) is 0 Å². The van der Waals surface area contributed by atoms with Crippen LogP contribution in [0.15, 0.2) is 36.0 Å². The molecule has 3 aliphatic rings. The first-order valence-electron chi connectivity index (χ1n) is 9.28. The molecule has 1 aliphatic heterocycles. The quantitative estimate of drug-likeness (QED) is 0.860. The van der Waals surface area contributed by atoms with Crippen LogP contribution >= 0.6 is 0 Å². The number of allylic oxidation sites excluding steroid dienone is 4. The zero-order chi connectivity index (χ0) is 17.2. The van der Waals surface area contributed by atoms with E-state index in [1.54, 1.807) is 0 Å². The summed E-state index contributed by atoms with van der Waals surface area (Å²) in [6.45, 7) is 10.6. The average molecular weight is 329 g/mol. The van der Waals surface area contributed by atoms with E-state index in [1.807, 2.05) is 11.8 Å². The van der Waals surface area contributed by atoms with Crippen LogP contribution in [0.25, 0.3) is 0 Å². The fourth-order valence-electron chi connectivity index (χ4n) is 4.17. The predicted octanol–water partition coefficient (Wildman–Crippen LogP) is 2.35. The van der Waals surface area contributed by atoms with Crippen molar-refractivity contribution in [1.29, 1.82) is 0 Å². The highest BCUT2D eigenvalue weighted by molar-refractivity contribution is 5.78. The Morgan fingerprint density at radius 1 is 1.38 bits per heavy atom. The Hall–Kier alpha value is -1.39. The van der Waals surface area contributed by atoms with Crippen molar-refractivity contribution in [3.8, 4) is 0 Å². The fourth-order valence-corrected chi connectivity index (χ4v) is 4.17. The normalized spacial score (nSPS) is 32.9. The van der Waals surface area contributed by atoms with Gasteiger partial charge < -0.3 is 15.1 Å². The number of likely N-dealkylation sites (N-methyl/N-ethyl adjacent to an activating group) is 1. The molecule has 1 saturated heterocycles. The van der Waals surface area contributed by atoms with Crippen molar-refractivity contribution in [1.82, 2.24) is 15.1 Å². The number of nitrogens with one attached hydrogen (secondary N) is 1. The molecule has 4 heteroatoms. The molecule has 0 aromatic rings. The molecule has 132 valence electrons. The molecule has 1 unspecified atom stereocenters. The highest BCUT2D eigenvalue weighted by Crippen LogP contribution is 2.60. The average Bonchev–Trinajstić information content (AvgIpc) is 3.28. The molecule has 0 bridgehead atoms. The summed E-state index contributed by atoms with van der Waals surface area (Å²) in [5.41, 5.74) is 2.92. The van der Waals surface area contributed by atoms with Gasteiger partial charge in [0.1, 0.15) is 0 Å². The van der Waals surface area contributed by atoms with Crippen molar-refractivity contribution in [3.05, 3.63) is 36.0 Å². The summed E-state index contributed by atoms with van der Waals surface area (Å²) >= 11 is 0. The zero-order valence-electron chi connectivity index (χ0n) is 15.2. The largest absolute Gasteiger partial charge is 0.339 e. The molecule has 2 aliphatic carbocycles. The van der Waals surface area contributed by atoms with Crippen molar-refractivity contribution in [3.63, 3.8) is 0 Å². The minimum absolute atomic E-state index is 0.216. The Bertz CT molecular complexity index is 557. The van der Waals surface area contributed by atoms with E-state index in [2.05, 4.69) is 42.1 Å². The van der Waals surface area contributed by atoms with Gasteiger partial charge in [-0.25, -0.2) is 0 Å². The van der Waals surface area contributed by atoms with Crippen molar-refractivity contribution >= 4 is 5.91 Å². The summed E-state index contributed by atoms with van der Waals surface area (Å²) in [6, 6.07) is 0.427. The van der Waals surface area contributed by atoms with Gasteiger partial charge in [-0.05, 0) is 50.8 Å². The summed E-state index contributed by atoms with van der Waals surface area (Å²) < 4.78 is 0. The first-order chi connectivity index (χ1) is 11.6. The van der Waals surface area contributed by atoms with Crippen LogP contribution < -0.4 is 5.32 Å². The lowest BCUT2D eigenvalue weighted by atomic mass is 9.78. The Balaban J connectivity index is 1.51. The van der Waals surface area contributed by atoms with Gasteiger partial charge in [-0.2, -0.15) is 0 Å². The Kier molecular flexibility index (Phi) is 5.26. The molecule has 4 nitrogen and oxygen atoms in total. The summed E-state index contributed by atoms with van der Waals surface area (Å²) in [5, 5.41) is 3.52. The summed E-state index contributed by atoms with van der Waals surface area (Å²) in [5.74, 6) is 0.247. The van der Waals surface area contributed by atoms with Gasteiger partial charge in [-0.3, -0.25) is 4.79 Å². The predicted molar refractivity (Wildman–Crippen MR) is 98.8 cm³/mol. The van der Waals surface area contributed by atoms with Crippen LogP contribution in [-0.2, 0) is 4.79 Å². The van der Waals surface area contributed by atoms with E-state index in [0.29, 0.717) is 12.6 Å². The minimum atomic E-state index is 0.216. The Morgan fingerprint density at radius 2 is 2.12 bits per heavy atom. The monoisotopic (exact) mass is 329 g/mol. The van der Waals surface area contributed by atoms with Gasteiger partial charge >= 0.3 is 0 Å². The van der Waals surface area contributed by atoms with Gasteiger partial charge in [0.15, 0.2) is 0 Å². The van der Waals surface area contributed by atoms with Crippen molar-refractivity contribution in [2.75, 3.05) is 39.8 Å². The molecular weight excluding hydrogens is 298 g/mol. The standard InChI is InChI=1S/C20H31N3O/c1-4-5-7-17-8-6-9-20(16(17)2)14-18(20)21-15-19(24)23-12-10-22(3)11-13-23/h4-5,7,18,21H,2,6,8-15H2,1,3H3/b5-4-,17-7-/t18?,20-/m1/s1. The second kappa shape index (κ2) is 7.24. The summed E-state index contributed by atoms with van der Waals surface area (Å²) in [6.07, 6.45) is 11.1. The fraction of sp³-hybridized carbons (Fsp3) is 0.650. The molecule has 2 atom stereocenters. The number of rotatable bonds is 4. The molecule has 2 saturated carbocycles. The SMILES string of the molecule is C=C1/C(=C\C=C/C)CCC[C@@]12CC2NCC(=O)N1CCN(C)CC1. The van der Waals surface area contributed by atoms with Crippen molar-refractivity contribution in [2.45, 2.75) is 38.6 Å². The number of carbonyl (C=O) groups is 1. The van der Waals surface area contributed by atoms with Crippen molar-refractivity contribution in [2.24, 2.45) is 5.41 Å². The van der Waals surface area contributed by atoms with E-state index in [1.165, 1.54) is 24.0 Å². The molecular formula is C20H31N3O. The number of amides is 1. The molecule has 0 aromatic carbocycles. The second-order valence-electron chi connectivity index (χ2n) is 7.53. The summed E-state index contributed by atoms with van der Waals surface area (Å²) in [4.78, 5) is 16.7. The maximum absolute atomic E-state index is 12.4. The third kappa shape index (κ3) is 3.50. The smallest absolute Gasteiger partial charge is 0.236 e. The molecule has 0 radical (unpaired) electrons. The van der Waals surface area contributed by atoms with E-state index >= 15 is 0 Å². The van der Waals surface area contributed by atoms with Crippen molar-refractivity contribution < 1.29 is 4.79 Å². The second-order valence-corrected chi connectivity index (χ2v) is 7.53. The lowest BCUT2D eigenvalue weighted by Gasteiger charge is -2.33. The van der Waals surface area contributed by atoms with Crippen LogP contribution in [0, 0.1) is 5.41 Å².